The highest BCUT2D eigenvalue weighted by atomic mass is 33.1. The standard InChI is InChI=1S/C14H10O4S2.C12H28N/c15-13(16)9-5-1-3-7-11(9)19-20-12-8-4-2-6-10(12)14(17)18;1-5-9-13(10-6-2,11-7-3)12-8-4/h1-8H,(H,15,16)(H,17,18);5-12H2,1-4H3/q;+1. The summed E-state index contributed by atoms with van der Waals surface area (Å²) in [6, 6.07) is 13.3. The van der Waals surface area contributed by atoms with E-state index in [0.717, 1.165) is 0 Å². The Labute approximate surface area is 206 Å². The minimum atomic E-state index is -1.000. The Kier molecular flexibility index (Phi) is 13.9. The van der Waals surface area contributed by atoms with Gasteiger partial charge in [-0.15, -0.1) is 0 Å². The molecule has 182 valence electrons. The smallest absolute Gasteiger partial charge is 0.336 e. The summed E-state index contributed by atoms with van der Waals surface area (Å²) >= 11 is 0. The van der Waals surface area contributed by atoms with Gasteiger partial charge < -0.3 is 14.7 Å². The second-order valence-electron chi connectivity index (χ2n) is 8.01. The molecule has 2 N–H and O–H groups in total. The number of carbonyl (C=O) groups is 2. The van der Waals surface area contributed by atoms with Crippen molar-refractivity contribution in [3.8, 4) is 0 Å². The summed E-state index contributed by atoms with van der Waals surface area (Å²) in [5, 5.41) is 18.2. The molecule has 33 heavy (non-hydrogen) atoms. The molecule has 0 saturated heterocycles. The number of benzene rings is 2. The van der Waals surface area contributed by atoms with Crippen LogP contribution in [-0.4, -0.2) is 52.8 Å². The fourth-order valence-electron chi connectivity index (χ4n) is 4.09. The van der Waals surface area contributed by atoms with E-state index < -0.39 is 11.9 Å². The van der Waals surface area contributed by atoms with Crippen LogP contribution in [0.5, 0.6) is 0 Å². The predicted molar refractivity (Wildman–Crippen MR) is 139 cm³/mol. The molecule has 5 nitrogen and oxygen atoms in total. The molecule has 7 heteroatoms. The van der Waals surface area contributed by atoms with Gasteiger partial charge in [0.2, 0.25) is 0 Å². The van der Waals surface area contributed by atoms with E-state index in [1.165, 1.54) is 90.1 Å². The first-order valence-electron chi connectivity index (χ1n) is 11.7. The maximum absolute atomic E-state index is 11.1. The van der Waals surface area contributed by atoms with Crippen LogP contribution in [0.4, 0.5) is 0 Å². The molecule has 0 saturated carbocycles. The van der Waals surface area contributed by atoms with Crippen LogP contribution >= 0.6 is 21.6 Å². The molecule has 0 heterocycles. The lowest BCUT2D eigenvalue weighted by Crippen LogP contribution is -2.50. The number of aromatic carboxylic acids is 2. The van der Waals surface area contributed by atoms with Gasteiger partial charge in [-0.3, -0.25) is 0 Å². The molecule has 0 unspecified atom stereocenters. The van der Waals surface area contributed by atoms with Gasteiger partial charge in [-0.05, 0) is 49.9 Å². The highest BCUT2D eigenvalue weighted by molar-refractivity contribution is 8.76. The molecule has 0 amide bonds. The largest absolute Gasteiger partial charge is 0.478 e. The van der Waals surface area contributed by atoms with E-state index in [-0.39, 0.29) is 11.1 Å². The van der Waals surface area contributed by atoms with Crippen LogP contribution in [0.15, 0.2) is 58.3 Å². The fourth-order valence-corrected chi connectivity index (χ4v) is 6.44. The molecule has 0 atom stereocenters. The highest BCUT2D eigenvalue weighted by Gasteiger charge is 2.22. The molecule has 0 spiro atoms. The third kappa shape index (κ3) is 9.82. The Hall–Kier alpha value is -1.96. The third-order valence-corrected chi connectivity index (χ3v) is 7.73. The van der Waals surface area contributed by atoms with Gasteiger partial charge in [-0.2, -0.15) is 0 Å². The molecule has 0 radical (unpaired) electrons. The van der Waals surface area contributed by atoms with E-state index in [1.807, 2.05) is 0 Å². The van der Waals surface area contributed by atoms with Crippen molar-refractivity contribution in [2.45, 2.75) is 63.2 Å². The molecule has 0 fully saturated rings. The fraction of sp³-hybridized carbons (Fsp3) is 0.462. The number of hydrogen-bond acceptors (Lipinski definition) is 4. The molecular formula is C26H38NO4S2+. The number of quaternary nitrogens is 1. The lowest BCUT2D eigenvalue weighted by Gasteiger charge is -2.38. The zero-order valence-electron chi connectivity index (χ0n) is 20.3. The van der Waals surface area contributed by atoms with Crippen LogP contribution in [0.3, 0.4) is 0 Å². The van der Waals surface area contributed by atoms with Crippen LogP contribution in [0.25, 0.3) is 0 Å². The zero-order valence-corrected chi connectivity index (χ0v) is 21.9. The van der Waals surface area contributed by atoms with Crippen molar-refractivity contribution >= 4 is 33.5 Å². The molecule has 2 aromatic rings. The molecule has 2 aromatic carbocycles. The van der Waals surface area contributed by atoms with Crippen LogP contribution < -0.4 is 0 Å². The van der Waals surface area contributed by atoms with Crippen molar-refractivity contribution in [1.82, 2.24) is 0 Å². The van der Waals surface area contributed by atoms with E-state index in [4.69, 9.17) is 10.2 Å². The Balaban J connectivity index is 0.000000366. The Morgan fingerprint density at radius 1 is 0.636 bits per heavy atom. The molecular weight excluding hydrogens is 454 g/mol. The minimum absolute atomic E-state index is 0.206. The van der Waals surface area contributed by atoms with Gasteiger partial charge in [0.25, 0.3) is 0 Å². The van der Waals surface area contributed by atoms with Gasteiger partial charge in [0.1, 0.15) is 0 Å². The van der Waals surface area contributed by atoms with Gasteiger partial charge in [0.05, 0.1) is 37.3 Å². The summed E-state index contributed by atoms with van der Waals surface area (Å²) in [4.78, 5) is 23.4. The van der Waals surface area contributed by atoms with Crippen LogP contribution in [0.1, 0.15) is 74.1 Å². The summed E-state index contributed by atoms with van der Waals surface area (Å²) in [6.45, 7) is 14.8. The van der Waals surface area contributed by atoms with Crippen molar-refractivity contribution in [2.75, 3.05) is 26.2 Å². The third-order valence-electron chi connectivity index (χ3n) is 5.25. The van der Waals surface area contributed by atoms with Crippen molar-refractivity contribution in [1.29, 1.82) is 0 Å². The maximum Gasteiger partial charge on any atom is 0.336 e. The predicted octanol–water partition coefficient (Wildman–Crippen LogP) is 7.33. The topological polar surface area (TPSA) is 74.6 Å². The molecule has 0 bridgehead atoms. The van der Waals surface area contributed by atoms with Crippen molar-refractivity contribution in [3.05, 3.63) is 59.7 Å². The van der Waals surface area contributed by atoms with Gasteiger partial charge in [0, 0.05) is 9.79 Å². The van der Waals surface area contributed by atoms with E-state index >= 15 is 0 Å². The highest BCUT2D eigenvalue weighted by Crippen LogP contribution is 2.40. The number of nitrogens with zero attached hydrogens (tertiary/aromatic N) is 1. The van der Waals surface area contributed by atoms with Crippen molar-refractivity contribution in [2.24, 2.45) is 0 Å². The summed E-state index contributed by atoms with van der Waals surface area (Å²) < 4.78 is 1.38. The second-order valence-corrected chi connectivity index (χ2v) is 10.2. The average molecular weight is 493 g/mol. The Bertz CT molecular complexity index is 786. The quantitative estimate of drug-likeness (QED) is 0.225. The second kappa shape index (κ2) is 15.8. The Morgan fingerprint density at radius 3 is 1.21 bits per heavy atom. The zero-order chi connectivity index (χ0) is 24.7. The minimum Gasteiger partial charge on any atom is -0.478 e. The van der Waals surface area contributed by atoms with Crippen molar-refractivity contribution in [3.63, 3.8) is 0 Å². The number of carboxylic acids is 2. The molecule has 0 aliphatic carbocycles. The van der Waals surface area contributed by atoms with Gasteiger partial charge in [-0.1, -0.05) is 73.5 Å². The van der Waals surface area contributed by atoms with E-state index in [9.17, 15) is 9.59 Å². The SMILES string of the molecule is CCC[N+](CCC)(CCC)CCC.O=C(O)c1ccccc1SSc1ccccc1C(=O)O. The van der Waals surface area contributed by atoms with Crippen molar-refractivity contribution < 1.29 is 24.3 Å². The lowest BCUT2D eigenvalue weighted by atomic mass is 10.2. The molecule has 2 rings (SSSR count). The van der Waals surface area contributed by atoms with Gasteiger partial charge >= 0.3 is 11.9 Å². The normalized spacial score (nSPS) is 10.9. The summed E-state index contributed by atoms with van der Waals surface area (Å²) in [5.41, 5.74) is 0.413. The first-order chi connectivity index (χ1) is 15.8. The number of carboxylic acid groups (broad SMARTS) is 2. The van der Waals surface area contributed by atoms with E-state index in [1.54, 1.807) is 36.4 Å². The number of hydrogen-bond donors (Lipinski definition) is 2. The summed E-state index contributed by atoms with van der Waals surface area (Å²) in [6.07, 6.45) is 5.33. The lowest BCUT2D eigenvalue weighted by molar-refractivity contribution is -0.928. The Morgan fingerprint density at radius 2 is 0.939 bits per heavy atom. The first-order valence-corrected chi connectivity index (χ1v) is 13.8. The maximum atomic E-state index is 11.1. The van der Waals surface area contributed by atoms with Gasteiger partial charge in [-0.25, -0.2) is 9.59 Å². The number of rotatable bonds is 13. The first kappa shape index (κ1) is 29.1. The monoisotopic (exact) mass is 492 g/mol. The van der Waals surface area contributed by atoms with Gasteiger partial charge in [0.15, 0.2) is 0 Å². The summed E-state index contributed by atoms with van der Waals surface area (Å²) in [7, 11) is 2.47. The average Bonchev–Trinajstić information content (AvgIpc) is 2.79. The van der Waals surface area contributed by atoms with E-state index in [0.29, 0.717) is 9.79 Å². The van der Waals surface area contributed by atoms with Crippen LogP contribution in [0.2, 0.25) is 0 Å². The van der Waals surface area contributed by atoms with Crippen LogP contribution in [-0.2, 0) is 0 Å². The molecule has 0 aliphatic rings. The molecule has 0 aliphatic heterocycles. The summed E-state index contributed by atoms with van der Waals surface area (Å²) in [5.74, 6) is -2.00. The van der Waals surface area contributed by atoms with Crippen LogP contribution in [0, 0.1) is 0 Å². The van der Waals surface area contributed by atoms with E-state index in [2.05, 4.69) is 27.7 Å². The molecule has 0 aromatic heterocycles.